The minimum atomic E-state index is 0.470. The van der Waals surface area contributed by atoms with Crippen LogP contribution in [0.15, 0.2) is 0 Å². The van der Waals surface area contributed by atoms with Crippen LogP contribution in [0, 0.1) is 13.8 Å². The van der Waals surface area contributed by atoms with Crippen LogP contribution in [-0.4, -0.2) is 16.5 Å². The first kappa shape index (κ1) is 7.80. The van der Waals surface area contributed by atoms with E-state index in [9.17, 15) is 0 Å². The van der Waals surface area contributed by atoms with Gasteiger partial charge in [0.25, 0.3) is 0 Å². The van der Waals surface area contributed by atoms with Crippen molar-refractivity contribution in [2.24, 2.45) is 0 Å². The van der Waals surface area contributed by atoms with E-state index in [4.69, 9.17) is 0 Å². The van der Waals surface area contributed by atoms with Crippen LogP contribution in [0.2, 0.25) is 0 Å². The van der Waals surface area contributed by atoms with Crippen molar-refractivity contribution >= 4 is 0 Å². The van der Waals surface area contributed by atoms with Gasteiger partial charge >= 0.3 is 0 Å². The molecule has 0 aromatic carbocycles. The molecule has 1 aliphatic heterocycles. The predicted molar refractivity (Wildman–Crippen MR) is 48.0 cm³/mol. The van der Waals surface area contributed by atoms with Crippen LogP contribution < -0.4 is 5.32 Å². The predicted octanol–water partition coefficient (Wildman–Crippen LogP) is 1.45. The Balaban J connectivity index is 2.21. The summed E-state index contributed by atoms with van der Waals surface area (Å²) in [6.07, 6.45) is 2.48. The molecule has 1 atom stereocenters. The standard InChI is InChI=1S/C9H15N3/c1-6-7(2)12-9(11-6)8-4-3-5-10-8/h8,10H,3-5H2,1-2H3,(H,11,12). The Kier molecular flexibility index (Phi) is 1.89. The molecule has 1 aromatic heterocycles. The average molecular weight is 165 g/mol. The molecule has 1 aliphatic rings. The SMILES string of the molecule is Cc1nc(C2CCCN2)[nH]c1C. The van der Waals surface area contributed by atoms with E-state index >= 15 is 0 Å². The van der Waals surface area contributed by atoms with E-state index in [0.717, 1.165) is 18.1 Å². The summed E-state index contributed by atoms with van der Waals surface area (Å²) in [7, 11) is 0. The summed E-state index contributed by atoms with van der Waals surface area (Å²) in [6, 6.07) is 0.470. The van der Waals surface area contributed by atoms with Crippen molar-refractivity contribution in [2.75, 3.05) is 6.54 Å². The highest BCUT2D eigenvalue weighted by Crippen LogP contribution is 2.20. The monoisotopic (exact) mass is 165 g/mol. The fraction of sp³-hybridized carbons (Fsp3) is 0.667. The van der Waals surface area contributed by atoms with E-state index in [1.807, 2.05) is 6.92 Å². The van der Waals surface area contributed by atoms with Crippen LogP contribution in [0.25, 0.3) is 0 Å². The van der Waals surface area contributed by atoms with Crippen molar-refractivity contribution in [2.45, 2.75) is 32.7 Å². The zero-order valence-electron chi connectivity index (χ0n) is 7.65. The minimum absolute atomic E-state index is 0.470. The van der Waals surface area contributed by atoms with Crippen molar-refractivity contribution in [1.82, 2.24) is 15.3 Å². The molecule has 1 unspecified atom stereocenters. The molecule has 3 heteroatoms. The number of hydrogen-bond acceptors (Lipinski definition) is 2. The van der Waals surface area contributed by atoms with E-state index in [-0.39, 0.29) is 0 Å². The molecule has 0 amide bonds. The number of aromatic nitrogens is 2. The highest BCUT2D eigenvalue weighted by atomic mass is 15.0. The quantitative estimate of drug-likeness (QED) is 0.661. The minimum Gasteiger partial charge on any atom is -0.345 e. The highest BCUT2D eigenvalue weighted by molar-refractivity contribution is 5.13. The molecule has 2 heterocycles. The molecule has 1 aromatic rings. The van der Waals surface area contributed by atoms with Crippen LogP contribution in [-0.2, 0) is 0 Å². The maximum atomic E-state index is 4.47. The summed E-state index contributed by atoms with van der Waals surface area (Å²) in [4.78, 5) is 7.79. The second-order valence-electron chi connectivity index (χ2n) is 3.48. The van der Waals surface area contributed by atoms with E-state index in [1.165, 1.54) is 18.5 Å². The zero-order valence-corrected chi connectivity index (χ0v) is 7.65. The molecular formula is C9H15N3. The molecular weight excluding hydrogens is 150 g/mol. The molecule has 0 aliphatic carbocycles. The number of hydrogen-bond donors (Lipinski definition) is 2. The van der Waals surface area contributed by atoms with Gasteiger partial charge in [-0.25, -0.2) is 4.98 Å². The van der Waals surface area contributed by atoms with Gasteiger partial charge in [0.1, 0.15) is 5.82 Å². The summed E-state index contributed by atoms with van der Waals surface area (Å²) >= 11 is 0. The van der Waals surface area contributed by atoms with Gasteiger partial charge in [0.2, 0.25) is 0 Å². The number of H-pyrrole nitrogens is 1. The summed E-state index contributed by atoms with van der Waals surface area (Å²) < 4.78 is 0. The number of aromatic amines is 1. The van der Waals surface area contributed by atoms with Crippen LogP contribution in [0.5, 0.6) is 0 Å². The molecule has 0 bridgehead atoms. The third-order valence-electron chi connectivity index (χ3n) is 2.54. The van der Waals surface area contributed by atoms with E-state index in [2.05, 4.69) is 22.2 Å². The van der Waals surface area contributed by atoms with Crippen molar-refractivity contribution in [3.8, 4) is 0 Å². The molecule has 0 spiro atoms. The first-order valence-electron chi connectivity index (χ1n) is 4.54. The fourth-order valence-corrected chi connectivity index (χ4v) is 1.66. The van der Waals surface area contributed by atoms with Gasteiger partial charge in [-0.05, 0) is 33.2 Å². The Labute approximate surface area is 72.6 Å². The van der Waals surface area contributed by atoms with Crippen LogP contribution in [0.4, 0.5) is 0 Å². The summed E-state index contributed by atoms with van der Waals surface area (Å²) in [5, 5.41) is 3.42. The van der Waals surface area contributed by atoms with Gasteiger partial charge in [-0.1, -0.05) is 0 Å². The van der Waals surface area contributed by atoms with Gasteiger partial charge in [0.15, 0.2) is 0 Å². The third kappa shape index (κ3) is 1.25. The topological polar surface area (TPSA) is 40.7 Å². The van der Waals surface area contributed by atoms with Gasteiger partial charge < -0.3 is 10.3 Å². The number of nitrogens with zero attached hydrogens (tertiary/aromatic N) is 1. The Bertz CT molecular complexity index is 252. The Hall–Kier alpha value is -0.830. The van der Waals surface area contributed by atoms with Crippen molar-refractivity contribution in [1.29, 1.82) is 0 Å². The maximum Gasteiger partial charge on any atom is 0.123 e. The Morgan fingerprint density at radius 3 is 2.75 bits per heavy atom. The van der Waals surface area contributed by atoms with Crippen molar-refractivity contribution < 1.29 is 0 Å². The number of nitrogens with one attached hydrogen (secondary N) is 2. The Morgan fingerprint density at radius 2 is 2.25 bits per heavy atom. The number of aryl methyl sites for hydroxylation is 2. The second kappa shape index (κ2) is 2.90. The smallest absolute Gasteiger partial charge is 0.123 e. The molecule has 12 heavy (non-hydrogen) atoms. The Morgan fingerprint density at radius 1 is 1.42 bits per heavy atom. The maximum absolute atomic E-state index is 4.47. The van der Waals surface area contributed by atoms with E-state index < -0.39 is 0 Å². The average Bonchev–Trinajstić information content (AvgIpc) is 2.61. The summed E-state index contributed by atoms with van der Waals surface area (Å²) in [6.45, 7) is 5.24. The molecule has 3 nitrogen and oxygen atoms in total. The molecule has 66 valence electrons. The largest absolute Gasteiger partial charge is 0.345 e. The molecule has 1 saturated heterocycles. The lowest BCUT2D eigenvalue weighted by atomic mass is 10.2. The van der Waals surface area contributed by atoms with E-state index in [1.54, 1.807) is 0 Å². The first-order valence-corrected chi connectivity index (χ1v) is 4.54. The lowest BCUT2D eigenvalue weighted by molar-refractivity contribution is 0.611. The van der Waals surface area contributed by atoms with E-state index in [0.29, 0.717) is 6.04 Å². The van der Waals surface area contributed by atoms with Gasteiger partial charge in [-0.2, -0.15) is 0 Å². The number of rotatable bonds is 1. The summed E-state index contributed by atoms with van der Waals surface area (Å²) in [5.41, 5.74) is 2.32. The molecule has 2 rings (SSSR count). The molecule has 0 radical (unpaired) electrons. The zero-order chi connectivity index (χ0) is 8.55. The fourth-order valence-electron chi connectivity index (χ4n) is 1.66. The molecule has 2 N–H and O–H groups in total. The molecule has 1 fully saturated rings. The van der Waals surface area contributed by atoms with Crippen molar-refractivity contribution in [3.63, 3.8) is 0 Å². The van der Waals surface area contributed by atoms with Gasteiger partial charge in [0.05, 0.1) is 11.7 Å². The van der Waals surface area contributed by atoms with Crippen LogP contribution in [0.1, 0.15) is 36.1 Å². The normalized spacial score (nSPS) is 23.3. The number of imidazole rings is 1. The van der Waals surface area contributed by atoms with Crippen molar-refractivity contribution in [3.05, 3.63) is 17.2 Å². The second-order valence-corrected chi connectivity index (χ2v) is 3.48. The third-order valence-corrected chi connectivity index (χ3v) is 2.54. The van der Waals surface area contributed by atoms with Crippen LogP contribution in [0.3, 0.4) is 0 Å². The lowest BCUT2D eigenvalue weighted by Crippen LogP contribution is -2.14. The van der Waals surface area contributed by atoms with Gasteiger partial charge in [-0.3, -0.25) is 0 Å². The van der Waals surface area contributed by atoms with Crippen LogP contribution >= 0.6 is 0 Å². The lowest BCUT2D eigenvalue weighted by Gasteiger charge is -2.04. The summed E-state index contributed by atoms with van der Waals surface area (Å²) in [5.74, 6) is 1.11. The van der Waals surface area contributed by atoms with Gasteiger partial charge in [0, 0.05) is 5.69 Å². The molecule has 0 saturated carbocycles. The first-order chi connectivity index (χ1) is 5.77. The van der Waals surface area contributed by atoms with Gasteiger partial charge in [-0.15, -0.1) is 0 Å². The highest BCUT2D eigenvalue weighted by Gasteiger charge is 2.19.